The molecule has 3 saturated carbocycles. The maximum Gasteiger partial charge on any atom is 0.327 e. The molecule has 4 saturated heterocycles. The standard InChI is InChI=1S/C52H61N3O9/c1-49(2)28-37-33(18-19-41-50(3,61-41)21-20-38(37)49)25-32-14-8-11-17-36(32)30-55-44-47(58)60-40-29-52(44,48(59)54(4)39(46(57)53-22-23-56)24-31-12-6-5-7-13-31)45(64-55)43-42(40)62-51(63-43)26-34-15-9-10-16-35(34)27-51/h5-17,25,37-45,56H,18-24,26-30H2,1-4H3,(H,53,57)/t37-,38-,39-,40-,41?,42+,43+,44+,45-,50-,52+/m1/s1. The van der Waals surface area contributed by atoms with Crippen LogP contribution in [0.4, 0.5) is 0 Å². The van der Waals surface area contributed by atoms with Gasteiger partial charge in [-0.15, -0.1) is 0 Å². The number of hydrogen-bond donors (Lipinski definition) is 2. The molecule has 8 aliphatic rings. The number of esters is 1. The second kappa shape index (κ2) is 15.6. The summed E-state index contributed by atoms with van der Waals surface area (Å²) >= 11 is 0. The van der Waals surface area contributed by atoms with Crippen LogP contribution >= 0.6 is 0 Å². The van der Waals surface area contributed by atoms with Gasteiger partial charge in [-0.25, -0.2) is 0 Å². The van der Waals surface area contributed by atoms with Gasteiger partial charge in [-0.1, -0.05) is 104 Å². The fraction of sp³-hybridized carbons (Fsp3) is 0.558. The quantitative estimate of drug-likeness (QED) is 0.192. The number of nitrogens with zero attached hydrogens (tertiary/aromatic N) is 2. The fourth-order valence-electron chi connectivity index (χ4n) is 13.1. The molecular formula is C52H61N3O9. The first kappa shape index (κ1) is 42.2. The summed E-state index contributed by atoms with van der Waals surface area (Å²) in [4.78, 5) is 53.1. The van der Waals surface area contributed by atoms with E-state index in [1.54, 1.807) is 12.1 Å². The Bertz CT molecular complexity index is 2340. The van der Waals surface area contributed by atoms with Crippen molar-refractivity contribution in [1.29, 1.82) is 0 Å². The molecular weight excluding hydrogens is 811 g/mol. The number of nitrogens with one attached hydrogen (secondary N) is 1. The van der Waals surface area contributed by atoms with Crippen molar-refractivity contribution in [2.45, 2.75) is 139 Å². The lowest BCUT2D eigenvalue weighted by Gasteiger charge is -2.53. The van der Waals surface area contributed by atoms with E-state index in [-0.39, 0.29) is 49.7 Å². The molecule has 4 heterocycles. The van der Waals surface area contributed by atoms with Gasteiger partial charge >= 0.3 is 5.97 Å². The van der Waals surface area contributed by atoms with E-state index < -0.39 is 65.5 Å². The molecule has 338 valence electrons. The molecule has 4 aliphatic carbocycles. The van der Waals surface area contributed by atoms with Crippen LogP contribution in [0.5, 0.6) is 0 Å². The third kappa shape index (κ3) is 6.89. The van der Waals surface area contributed by atoms with E-state index in [1.165, 1.54) is 10.5 Å². The minimum Gasteiger partial charge on any atom is -0.458 e. The molecule has 3 aromatic carbocycles. The second-order valence-corrected chi connectivity index (χ2v) is 20.9. The summed E-state index contributed by atoms with van der Waals surface area (Å²) in [6.07, 6.45) is 6.34. The predicted molar refractivity (Wildman–Crippen MR) is 236 cm³/mol. The molecule has 64 heavy (non-hydrogen) atoms. The van der Waals surface area contributed by atoms with Crippen LogP contribution in [0.25, 0.3) is 6.08 Å². The highest BCUT2D eigenvalue weighted by molar-refractivity contribution is 5.96. The first-order valence-electron chi connectivity index (χ1n) is 23.5. The number of aliphatic hydroxyl groups excluding tert-OH is 1. The molecule has 12 nitrogen and oxygen atoms in total. The Kier molecular flexibility index (Phi) is 10.3. The van der Waals surface area contributed by atoms with E-state index >= 15 is 4.79 Å². The number of fused-ring (bicyclic) bond motifs is 7. The van der Waals surface area contributed by atoms with Gasteiger partial charge in [0.2, 0.25) is 11.8 Å². The SMILES string of the molecule is CN(C(=O)[C@@]12C[C@H]3OC(=O)[C@@H]1N(Cc1ccccc1C=C1CCC4O[C@]4(C)CC[C@@H]4[C@@H]1CC4(C)C)O[C@@H]2[C@H]1OC2(Cc4ccccc4C2)O[C@H]13)[C@H](Cc1ccccc1)C(=O)NCCO. The lowest BCUT2D eigenvalue weighted by molar-refractivity contribution is -0.218. The van der Waals surface area contributed by atoms with E-state index in [0.717, 1.165) is 59.9 Å². The molecule has 0 aromatic heterocycles. The van der Waals surface area contributed by atoms with Crippen LogP contribution in [-0.4, -0.2) is 107 Å². The number of rotatable bonds is 10. The molecule has 0 radical (unpaired) electrons. The summed E-state index contributed by atoms with van der Waals surface area (Å²) < 4.78 is 26.6. The number of carbonyl (C=O) groups is 3. The fourth-order valence-corrected chi connectivity index (χ4v) is 13.1. The molecule has 11 atom stereocenters. The van der Waals surface area contributed by atoms with E-state index in [2.05, 4.69) is 62.5 Å². The Labute approximate surface area is 375 Å². The summed E-state index contributed by atoms with van der Waals surface area (Å²) in [5, 5.41) is 14.1. The molecule has 11 rings (SSSR count). The second-order valence-electron chi connectivity index (χ2n) is 20.9. The first-order valence-corrected chi connectivity index (χ1v) is 23.5. The van der Waals surface area contributed by atoms with Crippen molar-refractivity contribution in [3.63, 3.8) is 0 Å². The summed E-state index contributed by atoms with van der Waals surface area (Å²) in [7, 11) is 1.64. The maximum atomic E-state index is 15.8. The number of aliphatic hydroxyl groups is 1. The highest BCUT2D eigenvalue weighted by Gasteiger charge is 2.77. The third-order valence-electron chi connectivity index (χ3n) is 16.6. The van der Waals surface area contributed by atoms with E-state index in [9.17, 15) is 14.7 Å². The number of amides is 2. The average molecular weight is 872 g/mol. The number of epoxide rings is 1. The van der Waals surface area contributed by atoms with Crippen LogP contribution in [0.2, 0.25) is 0 Å². The highest BCUT2D eigenvalue weighted by Crippen LogP contribution is 2.61. The molecule has 1 spiro atoms. The van der Waals surface area contributed by atoms with Gasteiger partial charge in [0.05, 0.1) is 24.9 Å². The molecule has 1 unspecified atom stereocenters. The van der Waals surface area contributed by atoms with Crippen molar-refractivity contribution < 1.29 is 43.3 Å². The lowest BCUT2D eigenvalue weighted by atomic mass is 9.52. The van der Waals surface area contributed by atoms with Crippen molar-refractivity contribution >= 4 is 23.9 Å². The number of ether oxygens (including phenoxy) is 4. The topological polar surface area (TPSA) is 139 Å². The van der Waals surface area contributed by atoms with E-state index in [4.69, 9.17) is 23.8 Å². The van der Waals surface area contributed by atoms with Crippen molar-refractivity contribution in [1.82, 2.24) is 15.3 Å². The molecule has 7 fully saturated rings. The van der Waals surface area contributed by atoms with Crippen LogP contribution in [-0.2, 0) is 64.0 Å². The molecule has 2 amide bonds. The van der Waals surface area contributed by atoms with Gasteiger partial charge in [-0.3, -0.25) is 19.2 Å². The van der Waals surface area contributed by atoms with Gasteiger partial charge in [0.1, 0.15) is 35.9 Å². The highest BCUT2D eigenvalue weighted by atomic mass is 16.8. The summed E-state index contributed by atoms with van der Waals surface area (Å²) in [6, 6.07) is 24.0. The number of allylic oxidation sites excluding steroid dienone is 1. The van der Waals surface area contributed by atoms with Gasteiger partial charge < -0.3 is 34.3 Å². The third-order valence-corrected chi connectivity index (χ3v) is 16.6. The summed E-state index contributed by atoms with van der Waals surface area (Å²) in [6.45, 7) is 7.08. The van der Waals surface area contributed by atoms with Gasteiger partial charge in [0.25, 0.3) is 0 Å². The first-order chi connectivity index (χ1) is 30.8. The van der Waals surface area contributed by atoms with E-state index in [1.807, 2.05) is 48.5 Å². The van der Waals surface area contributed by atoms with Crippen LogP contribution in [0.3, 0.4) is 0 Å². The number of hydroxylamine groups is 2. The van der Waals surface area contributed by atoms with Gasteiger partial charge in [-0.2, -0.15) is 5.06 Å². The molecule has 3 aromatic rings. The number of benzene rings is 3. The minimum absolute atomic E-state index is 0.0121. The van der Waals surface area contributed by atoms with Gasteiger partial charge in [-0.05, 0) is 84.1 Å². The normalized spacial score (nSPS) is 36.0. The van der Waals surface area contributed by atoms with Crippen molar-refractivity contribution in [3.05, 3.63) is 112 Å². The van der Waals surface area contributed by atoms with Crippen LogP contribution in [0.1, 0.15) is 87.1 Å². The minimum atomic E-state index is -1.48. The predicted octanol–water partition coefficient (Wildman–Crippen LogP) is 5.72. The zero-order chi connectivity index (χ0) is 44.2. The van der Waals surface area contributed by atoms with Crippen molar-refractivity contribution in [3.8, 4) is 0 Å². The maximum absolute atomic E-state index is 15.8. The monoisotopic (exact) mass is 871 g/mol. The summed E-state index contributed by atoms with van der Waals surface area (Å²) in [5.74, 6) is -1.26. The zero-order valence-electron chi connectivity index (χ0n) is 37.4. The largest absolute Gasteiger partial charge is 0.458 e. The van der Waals surface area contributed by atoms with Crippen molar-refractivity contribution in [2.24, 2.45) is 22.7 Å². The van der Waals surface area contributed by atoms with Crippen molar-refractivity contribution in [2.75, 3.05) is 20.2 Å². The number of likely N-dealkylation sites (N-methyl/N-ethyl adjacent to an activating group) is 1. The van der Waals surface area contributed by atoms with Gasteiger partial charge in [0.15, 0.2) is 11.8 Å². The van der Waals surface area contributed by atoms with E-state index in [0.29, 0.717) is 24.7 Å². The molecule has 2 N–H and O–H groups in total. The lowest BCUT2D eigenvalue weighted by Crippen LogP contribution is -2.70. The Hall–Kier alpha value is -4.43. The van der Waals surface area contributed by atoms with Gasteiger partial charge in [0, 0.05) is 39.3 Å². The Morgan fingerprint density at radius 3 is 2.39 bits per heavy atom. The Morgan fingerprint density at radius 1 is 0.922 bits per heavy atom. The number of hydrogen-bond acceptors (Lipinski definition) is 10. The van der Waals surface area contributed by atoms with Crippen LogP contribution in [0.15, 0.2) is 84.4 Å². The molecule has 4 aliphatic heterocycles. The smallest absolute Gasteiger partial charge is 0.327 e. The van der Waals surface area contributed by atoms with Crippen LogP contribution < -0.4 is 5.32 Å². The Balaban J connectivity index is 0.957. The summed E-state index contributed by atoms with van der Waals surface area (Å²) in [5.41, 5.74) is 5.39. The Morgan fingerprint density at radius 2 is 1.64 bits per heavy atom. The average Bonchev–Trinajstić information content (AvgIpc) is 3.56. The molecule has 12 heteroatoms. The van der Waals surface area contributed by atoms with Crippen LogP contribution in [0, 0.1) is 22.7 Å². The molecule has 2 bridgehead atoms. The number of carbonyl (C=O) groups excluding carboxylic acids is 3. The zero-order valence-corrected chi connectivity index (χ0v) is 37.4.